The van der Waals surface area contributed by atoms with Gasteiger partial charge in [-0.3, -0.25) is 9.59 Å². The van der Waals surface area contributed by atoms with E-state index in [0.717, 1.165) is 36.5 Å². The first kappa shape index (κ1) is 21.3. The SMILES string of the molecule is CN1CCc2cc(CC(=O)C(C)(C)NC(=O)c3ccc(Cl)s3)cc(Cl)c2CC1. The molecule has 2 aromatic rings. The molecule has 2 heterocycles. The number of halogens is 2. The van der Waals surface area contributed by atoms with Gasteiger partial charge in [-0.05, 0) is 68.6 Å². The third-order valence-corrected chi connectivity index (χ3v) is 6.71. The number of hydrogen-bond donors (Lipinski definition) is 1. The lowest BCUT2D eigenvalue weighted by Crippen LogP contribution is -2.50. The number of carbonyl (C=O) groups excluding carboxylic acids is 2. The van der Waals surface area contributed by atoms with Gasteiger partial charge in [0.15, 0.2) is 5.78 Å². The van der Waals surface area contributed by atoms with Crippen molar-refractivity contribution >= 4 is 46.2 Å². The number of fused-ring (bicyclic) bond motifs is 1. The van der Waals surface area contributed by atoms with Crippen LogP contribution in [-0.4, -0.2) is 42.3 Å². The fourth-order valence-corrected chi connectivity index (χ4v) is 4.64. The lowest BCUT2D eigenvalue weighted by atomic mass is 9.91. The van der Waals surface area contributed by atoms with Gasteiger partial charge in [-0.15, -0.1) is 11.3 Å². The van der Waals surface area contributed by atoms with Crippen molar-refractivity contribution < 1.29 is 9.59 Å². The average molecular weight is 439 g/mol. The summed E-state index contributed by atoms with van der Waals surface area (Å²) in [4.78, 5) is 28.1. The number of Topliss-reactive ketones (excluding diaryl/α,β-unsaturated/α-hetero) is 1. The van der Waals surface area contributed by atoms with E-state index in [1.165, 1.54) is 22.5 Å². The molecule has 3 rings (SSSR count). The molecule has 0 spiro atoms. The maximum absolute atomic E-state index is 12.9. The van der Waals surface area contributed by atoms with Crippen molar-refractivity contribution in [3.8, 4) is 0 Å². The number of likely N-dealkylation sites (N-methyl/N-ethyl adjacent to an activating group) is 1. The lowest BCUT2D eigenvalue weighted by molar-refractivity contribution is -0.123. The fourth-order valence-electron chi connectivity index (χ4n) is 3.34. The third-order valence-electron chi connectivity index (χ3n) is 5.14. The van der Waals surface area contributed by atoms with Gasteiger partial charge in [0, 0.05) is 24.5 Å². The van der Waals surface area contributed by atoms with E-state index in [-0.39, 0.29) is 18.1 Å². The molecular formula is C21H24Cl2N2O2S. The zero-order valence-corrected chi connectivity index (χ0v) is 18.6. The van der Waals surface area contributed by atoms with Gasteiger partial charge in [-0.25, -0.2) is 0 Å². The Bertz CT molecular complexity index is 908. The van der Waals surface area contributed by atoms with Gasteiger partial charge >= 0.3 is 0 Å². The summed E-state index contributed by atoms with van der Waals surface area (Å²) in [5, 5.41) is 3.55. The van der Waals surface area contributed by atoms with Crippen LogP contribution in [0.25, 0.3) is 0 Å². The molecule has 0 bridgehead atoms. The van der Waals surface area contributed by atoms with E-state index >= 15 is 0 Å². The molecule has 28 heavy (non-hydrogen) atoms. The molecule has 4 nitrogen and oxygen atoms in total. The number of ketones is 1. The summed E-state index contributed by atoms with van der Waals surface area (Å²) in [6.07, 6.45) is 2.07. The number of nitrogens with zero attached hydrogens (tertiary/aromatic N) is 1. The van der Waals surface area contributed by atoms with Crippen molar-refractivity contribution in [2.45, 2.75) is 38.6 Å². The maximum Gasteiger partial charge on any atom is 0.262 e. The van der Waals surface area contributed by atoms with Gasteiger partial charge in [0.05, 0.1) is 14.8 Å². The van der Waals surface area contributed by atoms with Gasteiger partial charge in [-0.1, -0.05) is 29.3 Å². The van der Waals surface area contributed by atoms with Crippen LogP contribution in [-0.2, 0) is 24.1 Å². The molecule has 0 unspecified atom stereocenters. The summed E-state index contributed by atoms with van der Waals surface area (Å²) in [6, 6.07) is 7.31. The summed E-state index contributed by atoms with van der Waals surface area (Å²) in [5.41, 5.74) is 2.30. The van der Waals surface area contributed by atoms with Crippen molar-refractivity contribution in [2.24, 2.45) is 0 Å². The van der Waals surface area contributed by atoms with Gasteiger partial charge in [0.2, 0.25) is 0 Å². The second-order valence-electron chi connectivity index (χ2n) is 7.80. The van der Waals surface area contributed by atoms with Crippen LogP contribution in [0.2, 0.25) is 9.36 Å². The highest BCUT2D eigenvalue weighted by atomic mass is 35.5. The first-order valence-corrected chi connectivity index (χ1v) is 10.8. The van der Waals surface area contributed by atoms with Crippen LogP contribution >= 0.6 is 34.5 Å². The number of rotatable bonds is 5. The summed E-state index contributed by atoms with van der Waals surface area (Å²) >= 11 is 13.6. The van der Waals surface area contributed by atoms with Crippen molar-refractivity contribution in [3.63, 3.8) is 0 Å². The van der Waals surface area contributed by atoms with Crippen LogP contribution in [0, 0.1) is 0 Å². The molecule has 0 saturated heterocycles. The van der Waals surface area contributed by atoms with E-state index < -0.39 is 5.54 Å². The largest absolute Gasteiger partial charge is 0.339 e. The van der Waals surface area contributed by atoms with Gasteiger partial charge in [0.25, 0.3) is 5.91 Å². The standard InChI is InChI=1S/C21H24Cl2N2O2S/c1-21(2,24-20(27)17-4-5-19(23)28-17)18(26)12-13-10-14-6-8-25(3)9-7-15(14)16(22)11-13/h4-5,10-11H,6-9,12H2,1-3H3,(H,24,27). The van der Waals surface area contributed by atoms with Crippen molar-refractivity contribution in [2.75, 3.05) is 20.1 Å². The molecule has 1 aliphatic heterocycles. The molecule has 1 aromatic heterocycles. The summed E-state index contributed by atoms with van der Waals surface area (Å²) in [6.45, 7) is 5.41. The zero-order chi connectivity index (χ0) is 20.5. The Hall–Kier alpha value is -1.40. The number of amides is 1. The molecule has 1 aliphatic rings. The van der Waals surface area contributed by atoms with Crippen LogP contribution in [0.1, 0.15) is 40.2 Å². The molecule has 1 amide bonds. The second-order valence-corrected chi connectivity index (χ2v) is 9.92. The molecule has 0 atom stereocenters. The molecule has 1 aromatic carbocycles. The summed E-state index contributed by atoms with van der Waals surface area (Å²) in [7, 11) is 2.11. The lowest BCUT2D eigenvalue weighted by Gasteiger charge is -2.25. The normalized spacial score (nSPS) is 15.0. The van der Waals surface area contributed by atoms with Gasteiger partial charge in [-0.2, -0.15) is 0 Å². The first-order valence-electron chi connectivity index (χ1n) is 9.25. The predicted octanol–water partition coefficient (Wildman–Crippen LogP) is 4.41. The Morgan fingerprint density at radius 1 is 1.18 bits per heavy atom. The quantitative estimate of drug-likeness (QED) is 0.751. The third kappa shape index (κ3) is 4.95. The molecule has 0 radical (unpaired) electrons. The highest BCUT2D eigenvalue weighted by Gasteiger charge is 2.30. The van der Waals surface area contributed by atoms with Crippen LogP contribution in [0.5, 0.6) is 0 Å². The highest BCUT2D eigenvalue weighted by molar-refractivity contribution is 7.18. The predicted molar refractivity (Wildman–Crippen MR) is 116 cm³/mol. The number of nitrogens with one attached hydrogen (secondary N) is 1. The average Bonchev–Trinajstić information content (AvgIpc) is 2.96. The minimum absolute atomic E-state index is 0.0646. The van der Waals surface area contributed by atoms with Crippen molar-refractivity contribution in [1.82, 2.24) is 10.2 Å². The minimum atomic E-state index is -0.993. The molecule has 7 heteroatoms. The highest BCUT2D eigenvalue weighted by Crippen LogP contribution is 2.27. The fraction of sp³-hybridized carbons (Fsp3) is 0.429. The molecule has 1 N–H and O–H groups in total. The van der Waals surface area contributed by atoms with E-state index in [2.05, 4.69) is 23.3 Å². The smallest absolute Gasteiger partial charge is 0.262 e. The van der Waals surface area contributed by atoms with Crippen LogP contribution in [0.4, 0.5) is 0 Å². The zero-order valence-electron chi connectivity index (χ0n) is 16.3. The molecular weight excluding hydrogens is 415 g/mol. The number of hydrogen-bond acceptors (Lipinski definition) is 4. The monoisotopic (exact) mass is 438 g/mol. The molecule has 150 valence electrons. The maximum atomic E-state index is 12.9. The van der Waals surface area contributed by atoms with E-state index in [1.807, 2.05) is 6.07 Å². The van der Waals surface area contributed by atoms with Crippen molar-refractivity contribution in [1.29, 1.82) is 0 Å². The van der Waals surface area contributed by atoms with E-state index in [1.54, 1.807) is 26.0 Å². The van der Waals surface area contributed by atoms with Gasteiger partial charge < -0.3 is 10.2 Å². The van der Waals surface area contributed by atoms with Crippen LogP contribution < -0.4 is 5.32 Å². The second kappa shape index (κ2) is 8.54. The number of thiophene rings is 1. The Labute approximate surface area is 179 Å². The Morgan fingerprint density at radius 3 is 2.57 bits per heavy atom. The van der Waals surface area contributed by atoms with Gasteiger partial charge in [0.1, 0.15) is 0 Å². The summed E-state index contributed by atoms with van der Waals surface area (Å²) < 4.78 is 0.541. The molecule has 0 saturated carbocycles. The van der Waals surface area contributed by atoms with E-state index in [4.69, 9.17) is 23.2 Å². The Morgan fingerprint density at radius 2 is 1.89 bits per heavy atom. The summed E-state index contributed by atoms with van der Waals surface area (Å²) in [5.74, 6) is -0.358. The van der Waals surface area contributed by atoms with Crippen molar-refractivity contribution in [3.05, 3.63) is 55.2 Å². The first-order chi connectivity index (χ1) is 13.2. The van der Waals surface area contributed by atoms with Crippen LogP contribution in [0.3, 0.4) is 0 Å². The topological polar surface area (TPSA) is 49.4 Å². The number of benzene rings is 1. The number of carbonyl (C=O) groups is 2. The van der Waals surface area contributed by atoms with E-state index in [0.29, 0.717) is 9.21 Å². The van der Waals surface area contributed by atoms with Crippen LogP contribution in [0.15, 0.2) is 24.3 Å². The Kier molecular flexibility index (Phi) is 6.50. The van der Waals surface area contributed by atoms with E-state index in [9.17, 15) is 9.59 Å². The molecule has 0 aliphatic carbocycles. The Balaban J connectivity index is 1.73. The molecule has 0 fully saturated rings. The minimum Gasteiger partial charge on any atom is -0.339 e.